The van der Waals surface area contributed by atoms with Crippen LogP contribution in [0.2, 0.25) is 0 Å². The first kappa shape index (κ1) is 15.7. The highest BCUT2D eigenvalue weighted by atomic mass is 31.2. The molecule has 0 radical (unpaired) electrons. The van der Waals surface area contributed by atoms with Crippen molar-refractivity contribution in [3.05, 3.63) is 96.6 Å². The van der Waals surface area contributed by atoms with Crippen LogP contribution < -0.4 is 10.6 Å². The van der Waals surface area contributed by atoms with Gasteiger partial charge in [0.2, 0.25) is 0 Å². The van der Waals surface area contributed by atoms with E-state index in [0.29, 0.717) is 16.2 Å². The third-order valence-electron chi connectivity index (χ3n) is 4.17. The Balaban J connectivity index is 2.28. The lowest BCUT2D eigenvalue weighted by atomic mass is 10.1. The Hall–Kier alpha value is -2.15. The average molecular weight is 322 g/mol. The summed E-state index contributed by atoms with van der Waals surface area (Å²) >= 11 is 0. The second-order valence-corrected chi connectivity index (χ2v) is 8.79. The maximum absolute atomic E-state index is 14.2. The maximum atomic E-state index is 14.2. The van der Waals surface area contributed by atoms with E-state index in [2.05, 4.69) is 0 Å². The molecule has 0 amide bonds. The monoisotopic (exact) mass is 322 g/mol. The molecule has 0 saturated heterocycles. The van der Waals surface area contributed by atoms with E-state index in [1.807, 2.05) is 91.0 Å². The molecule has 1 atom stereocenters. The molecule has 116 valence electrons. The lowest BCUT2D eigenvalue weighted by molar-refractivity contribution is 0.146. The molecule has 0 bridgehead atoms. The second kappa shape index (κ2) is 6.16. The van der Waals surface area contributed by atoms with Crippen LogP contribution in [0.15, 0.2) is 91.0 Å². The minimum atomic E-state index is -3.29. The molecule has 0 aromatic heterocycles. The van der Waals surface area contributed by atoms with E-state index in [1.165, 1.54) is 0 Å². The number of hydrogen-bond donors (Lipinski definition) is 1. The third-order valence-corrected chi connectivity index (χ3v) is 7.71. The second-order valence-electron chi connectivity index (χ2n) is 5.67. The van der Waals surface area contributed by atoms with Crippen LogP contribution >= 0.6 is 7.14 Å². The Labute approximate surface area is 136 Å². The van der Waals surface area contributed by atoms with Crippen molar-refractivity contribution in [2.24, 2.45) is 0 Å². The Morgan fingerprint density at radius 3 is 1.43 bits per heavy atom. The molecule has 0 spiro atoms. The summed E-state index contributed by atoms with van der Waals surface area (Å²) in [6, 6.07) is 27.7. The summed E-state index contributed by atoms with van der Waals surface area (Å²) in [5.41, 5.74) is 0.649. The van der Waals surface area contributed by atoms with Gasteiger partial charge in [0.05, 0.1) is 0 Å². The summed E-state index contributed by atoms with van der Waals surface area (Å²) in [4.78, 5) is 0. The van der Waals surface area contributed by atoms with Crippen LogP contribution in [0, 0.1) is 0 Å². The van der Waals surface area contributed by atoms with Crippen molar-refractivity contribution in [3.8, 4) is 0 Å². The Morgan fingerprint density at radius 1 is 0.696 bits per heavy atom. The van der Waals surface area contributed by atoms with Crippen LogP contribution in [0.1, 0.15) is 12.5 Å². The van der Waals surface area contributed by atoms with Gasteiger partial charge in [-0.25, -0.2) is 0 Å². The normalized spacial score (nSPS) is 14.2. The van der Waals surface area contributed by atoms with Crippen molar-refractivity contribution in [1.82, 2.24) is 0 Å². The average Bonchev–Trinajstić information content (AvgIpc) is 2.63. The zero-order valence-corrected chi connectivity index (χ0v) is 13.9. The molecule has 1 N–H and O–H groups in total. The van der Waals surface area contributed by atoms with Gasteiger partial charge >= 0.3 is 0 Å². The number of benzene rings is 3. The van der Waals surface area contributed by atoms with Gasteiger partial charge in [0.25, 0.3) is 0 Å². The summed E-state index contributed by atoms with van der Waals surface area (Å²) < 4.78 is 14.2. The van der Waals surface area contributed by atoms with Crippen molar-refractivity contribution in [2.75, 3.05) is 0 Å². The molecular formula is C20H19O2P. The van der Waals surface area contributed by atoms with Crippen LogP contribution in [-0.4, -0.2) is 5.11 Å². The van der Waals surface area contributed by atoms with Crippen molar-refractivity contribution >= 4 is 17.8 Å². The highest BCUT2D eigenvalue weighted by Gasteiger charge is 2.46. The Bertz CT molecular complexity index is 769. The van der Waals surface area contributed by atoms with E-state index in [0.717, 1.165) is 0 Å². The molecular weight excluding hydrogens is 303 g/mol. The zero-order chi connectivity index (χ0) is 16.3. The first-order valence-electron chi connectivity index (χ1n) is 7.56. The van der Waals surface area contributed by atoms with Crippen LogP contribution in [0.5, 0.6) is 0 Å². The molecule has 0 aliphatic heterocycles. The first-order valence-corrected chi connectivity index (χ1v) is 9.27. The molecule has 3 aromatic rings. The molecule has 3 rings (SSSR count). The molecule has 0 saturated carbocycles. The summed E-state index contributed by atoms with van der Waals surface area (Å²) in [5.74, 6) is 0. The predicted molar refractivity (Wildman–Crippen MR) is 95.8 cm³/mol. The van der Waals surface area contributed by atoms with E-state index in [9.17, 15) is 9.67 Å². The summed E-state index contributed by atoms with van der Waals surface area (Å²) in [5, 5.41) is 11.2. The fourth-order valence-corrected chi connectivity index (χ4v) is 5.86. The number of hydrogen-bond acceptors (Lipinski definition) is 2. The van der Waals surface area contributed by atoms with Crippen molar-refractivity contribution in [2.45, 2.75) is 12.3 Å². The van der Waals surface area contributed by atoms with Gasteiger partial charge in [0.15, 0.2) is 7.14 Å². The topological polar surface area (TPSA) is 37.3 Å². The van der Waals surface area contributed by atoms with E-state index >= 15 is 0 Å². The predicted octanol–water partition coefficient (Wildman–Crippen LogP) is 3.87. The molecule has 0 aliphatic carbocycles. The number of rotatable bonds is 4. The fourth-order valence-electron chi connectivity index (χ4n) is 2.86. The van der Waals surface area contributed by atoms with Crippen molar-refractivity contribution < 1.29 is 9.67 Å². The van der Waals surface area contributed by atoms with E-state index in [-0.39, 0.29) is 0 Å². The minimum absolute atomic E-state index is 0.649. The van der Waals surface area contributed by atoms with Gasteiger partial charge in [-0.3, -0.25) is 0 Å². The minimum Gasteiger partial charge on any atom is -0.377 e. The molecule has 0 heterocycles. The van der Waals surface area contributed by atoms with Gasteiger partial charge in [0.1, 0.15) is 5.34 Å². The highest BCUT2D eigenvalue weighted by molar-refractivity contribution is 7.79. The van der Waals surface area contributed by atoms with Crippen LogP contribution in [0.25, 0.3) is 0 Å². The Morgan fingerprint density at radius 2 is 1.04 bits per heavy atom. The Kier molecular flexibility index (Phi) is 4.21. The summed E-state index contributed by atoms with van der Waals surface area (Å²) in [7, 11) is -3.29. The molecule has 2 nitrogen and oxygen atoms in total. The molecule has 0 fully saturated rings. The molecule has 0 aliphatic rings. The standard InChI is InChI=1S/C20H19O2P/c1-20(21,17-11-5-2-6-12-17)23(22,18-13-7-3-8-14-18)19-15-9-4-10-16-19/h2-16,21H,1H3. The van der Waals surface area contributed by atoms with Gasteiger partial charge < -0.3 is 9.67 Å². The largest absolute Gasteiger partial charge is 0.377 e. The van der Waals surface area contributed by atoms with Crippen molar-refractivity contribution in [3.63, 3.8) is 0 Å². The van der Waals surface area contributed by atoms with Crippen LogP contribution in [0.4, 0.5) is 0 Å². The lowest BCUT2D eigenvalue weighted by Crippen LogP contribution is -2.33. The maximum Gasteiger partial charge on any atom is 0.177 e. The van der Waals surface area contributed by atoms with Crippen molar-refractivity contribution in [1.29, 1.82) is 0 Å². The fraction of sp³-hybridized carbons (Fsp3) is 0.100. The lowest BCUT2D eigenvalue weighted by Gasteiger charge is -2.34. The number of aliphatic hydroxyl groups is 1. The SMILES string of the molecule is CC(O)(c1ccccc1)P(=O)(c1ccccc1)c1ccccc1. The smallest absolute Gasteiger partial charge is 0.177 e. The summed E-state index contributed by atoms with van der Waals surface area (Å²) in [6.07, 6.45) is 0. The zero-order valence-electron chi connectivity index (χ0n) is 13.0. The van der Waals surface area contributed by atoms with Gasteiger partial charge in [-0.15, -0.1) is 0 Å². The highest BCUT2D eigenvalue weighted by Crippen LogP contribution is 2.59. The van der Waals surface area contributed by atoms with Gasteiger partial charge in [0, 0.05) is 10.6 Å². The molecule has 3 aromatic carbocycles. The van der Waals surface area contributed by atoms with E-state index in [1.54, 1.807) is 6.92 Å². The van der Waals surface area contributed by atoms with E-state index in [4.69, 9.17) is 0 Å². The quantitative estimate of drug-likeness (QED) is 0.741. The van der Waals surface area contributed by atoms with Crippen LogP contribution in [-0.2, 0) is 9.91 Å². The third kappa shape index (κ3) is 2.65. The van der Waals surface area contributed by atoms with Gasteiger partial charge in [-0.2, -0.15) is 0 Å². The van der Waals surface area contributed by atoms with Gasteiger partial charge in [-0.05, 0) is 12.5 Å². The molecule has 23 heavy (non-hydrogen) atoms. The van der Waals surface area contributed by atoms with E-state index < -0.39 is 12.5 Å². The first-order chi connectivity index (χ1) is 11.1. The summed E-state index contributed by atoms with van der Waals surface area (Å²) in [6.45, 7) is 1.64. The van der Waals surface area contributed by atoms with Gasteiger partial charge in [-0.1, -0.05) is 91.0 Å². The molecule has 3 heteroatoms. The molecule has 1 unspecified atom stereocenters. The van der Waals surface area contributed by atoms with Crippen LogP contribution in [0.3, 0.4) is 0 Å².